The summed E-state index contributed by atoms with van der Waals surface area (Å²) in [7, 11) is 4.61. The van der Waals surface area contributed by atoms with Crippen molar-refractivity contribution >= 4 is 51.1 Å². The maximum atomic E-state index is 15.2. The number of benzene rings is 3. The molecule has 5 amide bonds. The largest absolute Gasteiger partial charge is 0.492 e. The number of aromatic nitrogens is 2. The van der Waals surface area contributed by atoms with E-state index in [0.29, 0.717) is 45.1 Å². The first-order valence-electron chi connectivity index (χ1n) is 22.3. The third-order valence-corrected chi connectivity index (χ3v) is 13.9. The number of fused-ring (bicyclic) bond motifs is 5. The van der Waals surface area contributed by atoms with Crippen LogP contribution in [0.15, 0.2) is 60.8 Å². The maximum absolute atomic E-state index is 15.2. The van der Waals surface area contributed by atoms with Crippen LogP contribution < -0.4 is 47.9 Å². The topological polar surface area (TPSA) is 283 Å². The number of likely N-dealkylation sites (N-methyl/N-ethyl adjacent to an activating group) is 1. The zero-order chi connectivity index (χ0) is 50.4. The molecule has 4 aromatic rings. The second kappa shape index (κ2) is 24.8. The standard InChI is InChI=1S/C48H60FN11O7S2/c1-27-35(25-55-42(56-27)31-8-9-32(36(49)24-31)26-68-69-48(3,4)5)44(62)58-37(13-14-50)47(65)60(6)41-30-10-12-40(67-20-17-53)34(23-30)33-21-29(7-11-39(33)66-19-16-52)22-38(45(63)54-18-15-51)59-43(61)28(2)57-46(41)64/h7-12,21,23-25,28,37-38,41H,13-14,16-20,22,26,50,52-53H2,1-6H3,(H,54,63)(H,57,64)(H,58,62)(H,59,61)/t28-,37-,38-,41-/m0/s1. The third kappa shape index (κ3) is 14.4. The summed E-state index contributed by atoms with van der Waals surface area (Å²) < 4.78 is 27.4. The van der Waals surface area contributed by atoms with E-state index in [4.69, 9.17) is 31.9 Å². The van der Waals surface area contributed by atoms with Crippen molar-refractivity contribution < 1.29 is 37.8 Å². The molecule has 4 atom stereocenters. The lowest BCUT2D eigenvalue weighted by Crippen LogP contribution is -2.56. The van der Waals surface area contributed by atoms with Gasteiger partial charge in [-0.05, 0) is 73.8 Å². The van der Waals surface area contributed by atoms with Crippen molar-refractivity contribution in [1.29, 1.82) is 5.26 Å². The first-order chi connectivity index (χ1) is 32.9. The Morgan fingerprint density at radius 3 is 2.28 bits per heavy atom. The van der Waals surface area contributed by atoms with Crippen LogP contribution in [-0.4, -0.2) is 114 Å². The van der Waals surface area contributed by atoms with Gasteiger partial charge in [0.05, 0.1) is 17.3 Å². The van der Waals surface area contributed by atoms with Crippen LogP contribution in [-0.2, 0) is 31.4 Å². The normalized spacial score (nSPS) is 16.4. The van der Waals surface area contributed by atoms with E-state index in [1.165, 1.54) is 26.2 Å². The number of nitrogens with one attached hydrogen (secondary N) is 4. The molecule has 5 rings (SSSR count). The third-order valence-electron chi connectivity index (χ3n) is 10.7. The lowest BCUT2D eigenvalue weighted by Gasteiger charge is -2.32. The molecular formula is C48H60FN11O7S2. The number of carbonyl (C=O) groups excluding carboxylic acids is 5. The fourth-order valence-electron chi connectivity index (χ4n) is 7.27. The molecule has 69 heavy (non-hydrogen) atoms. The van der Waals surface area contributed by atoms with Gasteiger partial charge in [0, 0.05) is 59.9 Å². The summed E-state index contributed by atoms with van der Waals surface area (Å²) in [5.74, 6) is -2.54. The van der Waals surface area contributed by atoms with E-state index in [0.717, 1.165) is 4.90 Å². The molecule has 0 fully saturated rings. The SMILES string of the molecule is Cc1nc(-c2ccc(CSSC(C)(C)C)c(F)c2)ncc1C(=O)N[C@@H](CCN)C(=O)N(C)[C@@H]1C(=O)N[C@@H](C)C(=O)N[C@H](C(=O)NCC#N)Cc2ccc(OCCN)c(c2)-c2cc1ccc2OCCN. The number of amides is 5. The predicted molar refractivity (Wildman–Crippen MR) is 264 cm³/mol. The van der Waals surface area contributed by atoms with E-state index < -0.39 is 59.5 Å². The second-order valence-corrected chi connectivity index (χ2v) is 20.3. The number of ether oxygens (including phenoxy) is 2. The van der Waals surface area contributed by atoms with E-state index in [2.05, 4.69) is 52.0 Å². The lowest BCUT2D eigenvalue weighted by molar-refractivity contribution is -0.141. The van der Waals surface area contributed by atoms with Gasteiger partial charge in [-0.1, -0.05) is 66.6 Å². The van der Waals surface area contributed by atoms with Crippen molar-refractivity contribution in [3.63, 3.8) is 0 Å². The van der Waals surface area contributed by atoms with Crippen molar-refractivity contribution in [2.24, 2.45) is 17.2 Å². The van der Waals surface area contributed by atoms with E-state index in [-0.39, 0.29) is 79.6 Å². The molecule has 4 bridgehead atoms. The number of nitriles is 1. The molecule has 0 aliphatic carbocycles. The Balaban J connectivity index is 1.51. The minimum absolute atomic E-state index is 0.0128. The van der Waals surface area contributed by atoms with Crippen molar-refractivity contribution in [3.05, 3.63) is 94.6 Å². The van der Waals surface area contributed by atoms with Gasteiger partial charge in [0.25, 0.3) is 5.91 Å². The Morgan fingerprint density at radius 2 is 1.65 bits per heavy atom. The maximum Gasteiger partial charge on any atom is 0.255 e. The smallest absolute Gasteiger partial charge is 0.255 e. The molecule has 1 aromatic heterocycles. The molecule has 368 valence electrons. The van der Waals surface area contributed by atoms with E-state index in [1.807, 2.05) is 6.07 Å². The van der Waals surface area contributed by atoms with Crippen LogP contribution in [0.2, 0.25) is 0 Å². The lowest BCUT2D eigenvalue weighted by atomic mass is 9.93. The molecular weight excluding hydrogens is 926 g/mol. The summed E-state index contributed by atoms with van der Waals surface area (Å²) in [5, 5.41) is 19.8. The predicted octanol–water partition coefficient (Wildman–Crippen LogP) is 3.45. The first-order valence-corrected chi connectivity index (χ1v) is 24.6. The number of hydrogen-bond acceptors (Lipinski definition) is 15. The Hall–Kier alpha value is -6.31. The van der Waals surface area contributed by atoms with Crippen molar-refractivity contribution in [3.8, 4) is 40.1 Å². The highest BCUT2D eigenvalue weighted by molar-refractivity contribution is 8.76. The summed E-state index contributed by atoms with van der Waals surface area (Å²) in [6.07, 6.45) is 1.24. The molecule has 0 unspecified atom stereocenters. The Bertz CT molecular complexity index is 2560. The van der Waals surface area contributed by atoms with Crippen LogP contribution in [0.5, 0.6) is 11.5 Å². The fourth-order valence-corrected chi connectivity index (χ4v) is 9.66. The molecule has 1 aliphatic heterocycles. The molecule has 1 aliphatic rings. The van der Waals surface area contributed by atoms with Gasteiger partial charge in [-0.15, -0.1) is 0 Å². The van der Waals surface area contributed by atoms with Gasteiger partial charge in [0.2, 0.25) is 23.6 Å². The quantitative estimate of drug-likeness (QED) is 0.0556. The van der Waals surface area contributed by atoms with E-state index in [1.54, 1.807) is 77.0 Å². The molecule has 21 heteroatoms. The molecule has 0 saturated heterocycles. The van der Waals surface area contributed by atoms with Gasteiger partial charge >= 0.3 is 0 Å². The van der Waals surface area contributed by atoms with Crippen LogP contribution in [0, 0.1) is 24.1 Å². The summed E-state index contributed by atoms with van der Waals surface area (Å²) in [5.41, 5.74) is 20.7. The number of aryl methyl sites for hydroxylation is 1. The van der Waals surface area contributed by atoms with Crippen molar-refractivity contribution in [2.45, 2.75) is 82.1 Å². The van der Waals surface area contributed by atoms with Gasteiger partial charge in [0.15, 0.2) is 5.82 Å². The van der Waals surface area contributed by atoms with Crippen LogP contribution in [0.1, 0.15) is 72.9 Å². The molecule has 18 nitrogen and oxygen atoms in total. The Morgan fingerprint density at radius 1 is 0.971 bits per heavy atom. The number of rotatable bonds is 18. The minimum Gasteiger partial charge on any atom is -0.492 e. The molecule has 2 heterocycles. The van der Waals surface area contributed by atoms with E-state index >= 15 is 4.39 Å². The van der Waals surface area contributed by atoms with Gasteiger partial charge in [-0.2, -0.15) is 5.26 Å². The van der Waals surface area contributed by atoms with Crippen LogP contribution in [0.25, 0.3) is 22.5 Å². The summed E-state index contributed by atoms with van der Waals surface area (Å²) >= 11 is 0. The Kier molecular flexibility index (Phi) is 19.3. The number of nitrogens with zero attached hydrogens (tertiary/aromatic N) is 4. The summed E-state index contributed by atoms with van der Waals surface area (Å²) in [6.45, 7) is 9.53. The fraction of sp³-hybridized carbons (Fsp3) is 0.417. The average Bonchev–Trinajstić information content (AvgIpc) is 3.31. The van der Waals surface area contributed by atoms with E-state index in [9.17, 15) is 24.0 Å². The van der Waals surface area contributed by atoms with Gasteiger partial charge in [-0.3, -0.25) is 24.0 Å². The van der Waals surface area contributed by atoms with Crippen LogP contribution in [0.4, 0.5) is 4.39 Å². The highest BCUT2D eigenvalue weighted by Gasteiger charge is 2.36. The Labute approximate surface area is 409 Å². The number of nitrogens with two attached hydrogens (primary N) is 3. The molecule has 0 radical (unpaired) electrons. The monoisotopic (exact) mass is 985 g/mol. The van der Waals surface area contributed by atoms with Gasteiger partial charge in [-0.25, -0.2) is 14.4 Å². The minimum atomic E-state index is -1.44. The van der Waals surface area contributed by atoms with Gasteiger partial charge < -0.3 is 52.8 Å². The number of hydrogen-bond donors (Lipinski definition) is 7. The van der Waals surface area contributed by atoms with Crippen LogP contribution in [0.3, 0.4) is 0 Å². The van der Waals surface area contributed by atoms with Crippen LogP contribution >= 0.6 is 21.6 Å². The highest BCUT2D eigenvalue weighted by Crippen LogP contribution is 2.41. The molecule has 0 spiro atoms. The van der Waals surface area contributed by atoms with Crippen molar-refractivity contribution in [2.75, 3.05) is 46.4 Å². The van der Waals surface area contributed by atoms with Crippen molar-refractivity contribution in [1.82, 2.24) is 36.1 Å². The summed E-state index contributed by atoms with van der Waals surface area (Å²) in [6, 6.07) is 11.6. The second-order valence-electron chi connectivity index (χ2n) is 17.1. The molecule has 10 N–H and O–H groups in total. The average molecular weight is 986 g/mol. The zero-order valence-corrected chi connectivity index (χ0v) is 41.2. The summed E-state index contributed by atoms with van der Waals surface area (Å²) in [4.78, 5) is 80.3. The first kappa shape index (κ1) is 53.6. The molecule has 3 aromatic carbocycles. The number of carbonyl (C=O) groups is 5. The number of halogens is 1. The zero-order valence-electron chi connectivity index (χ0n) is 39.5. The molecule has 0 saturated carbocycles. The van der Waals surface area contributed by atoms with Gasteiger partial charge in [0.1, 0.15) is 61.2 Å². The highest BCUT2D eigenvalue weighted by atomic mass is 33.1.